The van der Waals surface area contributed by atoms with Crippen molar-refractivity contribution in [1.29, 1.82) is 0 Å². The van der Waals surface area contributed by atoms with Crippen LogP contribution in [0.4, 0.5) is 0 Å². The lowest BCUT2D eigenvalue weighted by molar-refractivity contribution is -0.134. The van der Waals surface area contributed by atoms with Gasteiger partial charge in [-0.05, 0) is 52.8 Å². The molecule has 0 aliphatic rings. The number of esters is 1. The topological polar surface area (TPSA) is 102 Å². The van der Waals surface area contributed by atoms with E-state index >= 15 is 0 Å². The molecule has 0 aliphatic carbocycles. The zero-order chi connectivity index (χ0) is 21.0. The zero-order valence-corrected chi connectivity index (χ0v) is 17.6. The maximum Gasteiger partial charge on any atom is 0.338 e. The minimum Gasteiger partial charge on any atom is -0.495 e. The van der Waals surface area contributed by atoms with Crippen LogP contribution in [-0.2, 0) is 19.6 Å². The van der Waals surface area contributed by atoms with Gasteiger partial charge >= 0.3 is 5.97 Å². The zero-order valence-electron chi connectivity index (χ0n) is 16.8. The van der Waals surface area contributed by atoms with Crippen LogP contribution in [0.15, 0.2) is 23.1 Å². The molecule has 9 heteroatoms. The maximum atomic E-state index is 12.6. The molecule has 0 saturated heterocycles. The first-order valence-corrected chi connectivity index (χ1v) is 9.91. The van der Waals surface area contributed by atoms with Crippen LogP contribution in [0.3, 0.4) is 0 Å². The summed E-state index contributed by atoms with van der Waals surface area (Å²) in [4.78, 5) is 25.5. The van der Waals surface area contributed by atoms with Gasteiger partial charge in [-0.2, -0.15) is 0 Å². The molecule has 0 atom stereocenters. The van der Waals surface area contributed by atoms with Crippen LogP contribution in [0.1, 0.15) is 45.0 Å². The molecule has 8 nitrogen and oxygen atoms in total. The number of likely N-dealkylation sites (N-methyl/N-ethyl adjacent to an activating group) is 1. The van der Waals surface area contributed by atoms with Crippen LogP contribution < -0.4 is 9.46 Å². The lowest BCUT2D eigenvalue weighted by atomic mass is 10.1. The number of amides is 1. The van der Waals surface area contributed by atoms with E-state index in [4.69, 9.17) is 9.47 Å². The number of benzene rings is 1. The van der Waals surface area contributed by atoms with Gasteiger partial charge < -0.3 is 14.4 Å². The van der Waals surface area contributed by atoms with Crippen molar-refractivity contribution in [2.45, 2.75) is 51.1 Å². The van der Waals surface area contributed by atoms with E-state index in [-0.39, 0.29) is 28.2 Å². The number of carbonyl (C=O) groups is 2. The van der Waals surface area contributed by atoms with E-state index in [0.29, 0.717) is 0 Å². The average molecular weight is 400 g/mol. The molecule has 0 saturated carbocycles. The molecule has 27 heavy (non-hydrogen) atoms. The number of rotatable bonds is 7. The highest BCUT2D eigenvalue weighted by atomic mass is 32.2. The lowest BCUT2D eigenvalue weighted by Crippen LogP contribution is -2.40. The van der Waals surface area contributed by atoms with E-state index < -0.39 is 28.1 Å². The molecule has 0 heterocycles. The molecule has 1 aromatic rings. The SMILES string of the molecule is COc1ccc(C(=O)OCC(=O)N(C)C(C)C)cc1S(=O)(=O)NC(C)(C)C. The summed E-state index contributed by atoms with van der Waals surface area (Å²) in [5.41, 5.74) is -0.709. The Morgan fingerprint density at radius 2 is 1.81 bits per heavy atom. The second-order valence-electron chi connectivity index (χ2n) is 7.40. The summed E-state index contributed by atoms with van der Waals surface area (Å²) in [6.45, 7) is 8.34. The van der Waals surface area contributed by atoms with Crippen LogP contribution in [0.25, 0.3) is 0 Å². The largest absolute Gasteiger partial charge is 0.495 e. The summed E-state index contributed by atoms with van der Waals surface area (Å²) in [6.07, 6.45) is 0. The van der Waals surface area contributed by atoms with Gasteiger partial charge in [-0.15, -0.1) is 0 Å². The first kappa shape index (κ1) is 22.9. The summed E-state index contributed by atoms with van der Waals surface area (Å²) in [6, 6.07) is 3.90. The quantitative estimate of drug-likeness (QED) is 0.700. The van der Waals surface area contributed by atoms with Gasteiger partial charge in [-0.1, -0.05) is 0 Å². The molecule has 0 aliphatic heterocycles. The second kappa shape index (κ2) is 8.71. The van der Waals surface area contributed by atoms with E-state index in [9.17, 15) is 18.0 Å². The third kappa shape index (κ3) is 6.51. The van der Waals surface area contributed by atoms with Crippen LogP contribution in [0.5, 0.6) is 5.75 Å². The second-order valence-corrected chi connectivity index (χ2v) is 9.05. The Kier molecular flexibility index (Phi) is 7.39. The molecule has 1 aromatic carbocycles. The summed E-state index contributed by atoms with van der Waals surface area (Å²) in [5, 5.41) is 0. The van der Waals surface area contributed by atoms with Crippen LogP contribution >= 0.6 is 0 Å². The number of ether oxygens (including phenoxy) is 2. The molecule has 1 amide bonds. The molecule has 0 unspecified atom stereocenters. The van der Waals surface area contributed by atoms with E-state index in [1.807, 2.05) is 13.8 Å². The normalized spacial score (nSPS) is 12.0. The minimum absolute atomic E-state index is 0.00471. The summed E-state index contributed by atoms with van der Waals surface area (Å²) in [5.74, 6) is -1.05. The Morgan fingerprint density at radius 3 is 2.30 bits per heavy atom. The van der Waals surface area contributed by atoms with Crippen molar-refractivity contribution in [2.75, 3.05) is 20.8 Å². The van der Waals surface area contributed by atoms with E-state index in [0.717, 1.165) is 0 Å². The predicted octanol–water partition coefficient (Wildman–Crippen LogP) is 1.80. The van der Waals surface area contributed by atoms with Crippen molar-refractivity contribution in [1.82, 2.24) is 9.62 Å². The third-order valence-electron chi connectivity index (χ3n) is 3.62. The molecule has 0 spiro atoms. The number of nitrogens with zero attached hydrogens (tertiary/aromatic N) is 1. The van der Waals surface area contributed by atoms with Crippen molar-refractivity contribution in [3.8, 4) is 5.75 Å². The lowest BCUT2D eigenvalue weighted by Gasteiger charge is -2.22. The standard InChI is InChI=1S/C18H28N2O6S/c1-12(2)20(6)16(21)11-26-17(22)13-8-9-14(25-7)15(10-13)27(23,24)19-18(3,4)5/h8-10,12,19H,11H2,1-7H3. The van der Waals surface area contributed by atoms with Gasteiger partial charge in [-0.25, -0.2) is 17.9 Å². The Morgan fingerprint density at radius 1 is 1.22 bits per heavy atom. The predicted molar refractivity (Wildman–Crippen MR) is 101 cm³/mol. The Bertz CT molecular complexity index is 797. The fourth-order valence-corrected chi connectivity index (χ4v) is 3.69. The van der Waals surface area contributed by atoms with Crippen LogP contribution in [-0.4, -0.2) is 57.5 Å². The first-order valence-electron chi connectivity index (χ1n) is 8.43. The number of methoxy groups -OCH3 is 1. The van der Waals surface area contributed by atoms with Crippen molar-refractivity contribution in [3.63, 3.8) is 0 Å². The molecule has 1 rings (SSSR count). The van der Waals surface area contributed by atoms with E-state index in [2.05, 4.69) is 4.72 Å². The molecule has 1 N–H and O–H groups in total. The molecular weight excluding hydrogens is 372 g/mol. The van der Waals surface area contributed by atoms with Crippen molar-refractivity contribution < 1.29 is 27.5 Å². The highest BCUT2D eigenvalue weighted by Gasteiger charge is 2.27. The Balaban J connectivity index is 3.07. The molecule has 0 fully saturated rings. The number of hydrogen-bond acceptors (Lipinski definition) is 6. The van der Waals surface area contributed by atoms with Gasteiger partial charge in [0, 0.05) is 18.6 Å². The summed E-state index contributed by atoms with van der Waals surface area (Å²) < 4.78 is 37.9. The Hall–Kier alpha value is -2.13. The maximum absolute atomic E-state index is 12.6. The fourth-order valence-electron chi connectivity index (χ4n) is 2.07. The monoisotopic (exact) mass is 400 g/mol. The third-order valence-corrected chi connectivity index (χ3v) is 5.40. The van der Waals surface area contributed by atoms with Gasteiger partial charge in [0.2, 0.25) is 10.0 Å². The Labute approximate surface area is 160 Å². The molecule has 0 aromatic heterocycles. The molecule has 0 bridgehead atoms. The van der Waals surface area contributed by atoms with E-state index in [1.165, 1.54) is 30.2 Å². The molecule has 0 radical (unpaired) electrons. The first-order chi connectivity index (χ1) is 12.3. The minimum atomic E-state index is -3.93. The van der Waals surface area contributed by atoms with Crippen LogP contribution in [0, 0.1) is 0 Å². The van der Waals surface area contributed by atoms with Gasteiger partial charge in [-0.3, -0.25) is 4.79 Å². The van der Waals surface area contributed by atoms with Gasteiger partial charge in [0.25, 0.3) is 5.91 Å². The fraction of sp³-hybridized carbons (Fsp3) is 0.556. The number of nitrogens with one attached hydrogen (secondary N) is 1. The van der Waals surface area contributed by atoms with Crippen molar-refractivity contribution in [3.05, 3.63) is 23.8 Å². The van der Waals surface area contributed by atoms with Gasteiger partial charge in [0.15, 0.2) is 6.61 Å². The van der Waals surface area contributed by atoms with Gasteiger partial charge in [0.1, 0.15) is 10.6 Å². The average Bonchev–Trinajstić information content (AvgIpc) is 2.55. The van der Waals surface area contributed by atoms with Crippen molar-refractivity contribution in [2.24, 2.45) is 0 Å². The van der Waals surface area contributed by atoms with Crippen molar-refractivity contribution >= 4 is 21.9 Å². The summed E-state index contributed by atoms with van der Waals surface area (Å²) in [7, 11) is -0.985. The van der Waals surface area contributed by atoms with E-state index in [1.54, 1.807) is 27.8 Å². The summed E-state index contributed by atoms with van der Waals surface area (Å²) >= 11 is 0. The number of carbonyl (C=O) groups excluding carboxylic acids is 2. The highest BCUT2D eigenvalue weighted by molar-refractivity contribution is 7.89. The molecular formula is C18H28N2O6S. The van der Waals surface area contributed by atoms with Gasteiger partial charge in [0.05, 0.1) is 12.7 Å². The highest BCUT2D eigenvalue weighted by Crippen LogP contribution is 2.26. The molecule has 152 valence electrons. The van der Waals surface area contributed by atoms with Crippen LogP contribution in [0.2, 0.25) is 0 Å². The smallest absolute Gasteiger partial charge is 0.338 e. The number of sulfonamides is 1. The number of hydrogen-bond donors (Lipinski definition) is 1.